The second-order valence-corrected chi connectivity index (χ2v) is 5.10. The standard InChI is InChI=1S/C13H16O/c1-12-6-7-13(12,9-14)8-10-4-2-3-5-11(10)12/h2-5,14H,6-9H2,1H3. The van der Waals surface area contributed by atoms with Crippen LogP contribution < -0.4 is 0 Å². The highest BCUT2D eigenvalue weighted by Gasteiger charge is 2.60. The fraction of sp³-hybridized carbons (Fsp3) is 0.538. The fourth-order valence-electron chi connectivity index (χ4n) is 3.44. The third kappa shape index (κ3) is 0.718. The van der Waals surface area contributed by atoms with E-state index in [1.54, 1.807) is 0 Å². The van der Waals surface area contributed by atoms with Crippen LogP contribution in [-0.4, -0.2) is 11.7 Å². The van der Waals surface area contributed by atoms with Gasteiger partial charge >= 0.3 is 0 Å². The molecule has 1 aromatic rings. The summed E-state index contributed by atoms with van der Waals surface area (Å²) in [5, 5.41) is 9.58. The Morgan fingerprint density at radius 3 is 2.71 bits per heavy atom. The molecule has 14 heavy (non-hydrogen) atoms. The van der Waals surface area contributed by atoms with Crippen LogP contribution in [0.3, 0.4) is 0 Å². The molecule has 1 N–H and O–H groups in total. The van der Waals surface area contributed by atoms with E-state index in [-0.39, 0.29) is 10.8 Å². The zero-order valence-electron chi connectivity index (χ0n) is 8.59. The monoisotopic (exact) mass is 188 g/mol. The maximum atomic E-state index is 9.58. The quantitative estimate of drug-likeness (QED) is 0.716. The van der Waals surface area contributed by atoms with Crippen molar-refractivity contribution < 1.29 is 5.11 Å². The van der Waals surface area contributed by atoms with Gasteiger partial charge in [0.1, 0.15) is 0 Å². The van der Waals surface area contributed by atoms with E-state index in [0.29, 0.717) is 6.61 Å². The van der Waals surface area contributed by atoms with E-state index in [1.165, 1.54) is 24.0 Å². The first-order valence-corrected chi connectivity index (χ1v) is 5.41. The summed E-state index contributed by atoms with van der Waals surface area (Å²) >= 11 is 0. The van der Waals surface area contributed by atoms with Crippen LogP contribution in [0.15, 0.2) is 24.3 Å². The van der Waals surface area contributed by atoms with E-state index in [4.69, 9.17) is 0 Å². The number of hydrogen-bond acceptors (Lipinski definition) is 1. The lowest BCUT2D eigenvalue weighted by Gasteiger charge is -2.53. The molecule has 2 aliphatic rings. The van der Waals surface area contributed by atoms with Gasteiger partial charge in [-0.15, -0.1) is 0 Å². The number of hydrogen-bond donors (Lipinski definition) is 1. The van der Waals surface area contributed by atoms with Gasteiger partial charge in [-0.25, -0.2) is 0 Å². The topological polar surface area (TPSA) is 20.2 Å². The minimum absolute atomic E-state index is 0.177. The van der Waals surface area contributed by atoms with Crippen molar-refractivity contribution in [2.24, 2.45) is 5.41 Å². The molecule has 0 aromatic heterocycles. The highest BCUT2D eigenvalue weighted by atomic mass is 16.3. The summed E-state index contributed by atoms with van der Waals surface area (Å²) < 4.78 is 0. The second kappa shape index (κ2) is 2.40. The molecule has 0 radical (unpaired) electrons. The summed E-state index contributed by atoms with van der Waals surface area (Å²) in [5.41, 5.74) is 3.39. The highest BCUT2D eigenvalue weighted by Crippen LogP contribution is 2.64. The van der Waals surface area contributed by atoms with Gasteiger partial charge in [0.15, 0.2) is 0 Å². The minimum Gasteiger partial charge on any atom is -0.396 e. The van der Waals surface area contributed by atoms with E-state index in [1.807, 2.05) is 0 Å². The van der Waals surface area contributed by atoms with Crippen molar-refractivity contribution in [2.45, 2.75) is 31.6 Å². The van der Waals surface area contributed by atoms with Crippen molar-refractivity contribution in [3.63, 3.8) is 0 Å². The Bertz CT molecular complexity index is 381. The van der Waals surface area contributed by atoms with Crippen LogP contribution in [0.4, 0.5) is 0 Å². The largest absolute Gasteiger partial charge is 0.396 e. The van der Waals surface area contributed by atoms with Crippen LogP contribution in [0.5, 0.6) is 0 Å². The summed E-state index contributed by atoms with van der Waals surface area (Å²) in [6.45, 7) is 2.66. The van der Waals surface area contributed by atoms with E-state index in [9.17, 15) is 5.11 Å². The lowest BCUT2D eigenvalue weighted by atomic mass is 9.51. The van der Waals surface area contributed by atoms with Crippen molar-refractivity contribution in [1.82, 2.24) is 0 Å². The van der Waals surface area contributed by atoms with Gasteiger partial charge in [0.2, 0.25) is 0 Å². The van der Waals surface area contributed by atoms with Gasteiger partial charge in [0.05, 0.1) is 0 Å². The normalized spacial score (nSPS) is 38.7. The highest BCUT2D eigenvalue weighted by molar-refractivity contribution is 5.45. The molecule has 0 bridgehead atoms. The predicted octanol–water partition coefficient (Wildman–Crippen LogP) is 2.27. The smallest absolute Gasteiger partial charge is 0.0499 e. The number of aliphatic hydroxyl groups is 1. The van der Waals surface area contributed by atoms with E-state index in [0.717, 1.165) is 6.42 Å². The summed E-state index contributed by atoms with van der Waals surface area (Å²) in [5.74, 6) is 0. The van der Waals surface area contributed by atoms with E-state index in [2.05, 4.69) is 31.2 Å². The maximum Gasteiger partial charge on any atom is 0.0499 e. The van der Waals surface area contributed by atoms with Gasteiger partial charge in [-0.05, 0) is 30.4 Å². The first-order valence-electron chi connectivity index (χ1n) is 5.41. The van der Waals surface area contributed by atoms with Crippen molar-refractivity contribution >= 4 is 0 Å². The van der Waals surface area contributed by atoms with Crippen molar-refractivity contribution in [2.75, 3.05) is 6.61 Å². The average molecular weight is 188 g/mol. The third-order valence-corrected chi connectivity index (χ3v) is 4.72. The Morgan fingerprint density at radius 2 is 2.07 bits per heavy atom. The molecule has 2 aliphatic carbocycles. The van der Waals surface area contributed by atoms with Crippen molar-refractivity contribution in [1.29, 1.82) is 0 Å². The molecule has 0 spiro atoms. The molecule has 74 valence electrons. The third-order valence-electron chi connectivity index (χ3n) is 4.72. The lowest BCUT2D eigenvalue weighted by molar-refractivity contribution is -0.0311. The Balaban J connectivity index is 2.17. The first-order chi connectivity index (χ1) is 6.72. The summed E-state index contributed by atoms with van der Waals surface area (Å²) in [6.07, 6.45) is 3.51. The molecule has 3 rings (SSSR count). The number of fused-ring (bicyclic) bond motifs is 3. The maximum absolute atomic E-state index is 9.58. The molecule has 0 aliphatic heterocycles. The fourth-order valence-corrected chi connectivity index (χ4v) is 3.44. The molecule has 0 saturated heterocycles. The molecule has 0 heterocycles. The predicted molar refractivity (Wildman–Crippen MR) is 56.3 cm³/mol. The van der Waals surface area contributed by atoms with Gasteiger partial charge in [0.25, 0.3) is 0 Å². The Labute approximate surface area is 84.8 Å². The summed E-state index contributed by atoms with van der Waals surface area (Å²) in [4.78, 5) is 0. The number of benzene rings is 1. The van der Waals surface area contributed by atoms with Crippen LogP contribution in [0.2, 0.25) is 0 Å². The van der Waals surface area contributed by atoms with Crippen molar-refractivity contribution in [3.8, 4) is 0 Å². The van der Waals surface area contributed by atoms with Gasteiger partial charge in [0, 0.05) is 17.4 Å². The zero-order valence-corrected chi connectivity index (χ0v) is 8.59. The van der Waals surface area contributed by atoms with E-state index >= 15 is 0 Å². The SMILES string of the molecule is CC12CCC1(CO)Cc1ccccc12. The van der Waals surface area contributed by atoms with Crippen LogP contribution in [0, 0.1) is 5.41 Å². The molecule has 1 nitrogen and oxygen atoms in total. The van der Waals surface area contributed by atoms with E-state index < -0.39 is 0 Å². The molecule has 1 heteroatoms. The van der Waals surface area contributed by atoms with Gasteiger partial charge in [-0.2, -0.15) is 0 Å². The summed E-state index contributed by atoms with van der Waals surface area (Å²) in [7, 11) is 0. The first kappa shape index (κ1) is 8.49. The van der Waals surface area contributed by atoms with Gasteiger partial charge < -0.3 is 5.11 Å². The Kier molecular flexibility index (Phi) is 1.46. The number of rotatable bonds is 1. The second-order valence-electron chi connectivity index (χ2n) is 5.10. The molecule has 1 saturated carbocycles. The molecule has 2 atom stereocenters. The number of aliphatic hydroxyl groups excluding tert-OH is 1. The molecular formula is C13H16O. The minimum atomic E-state index is 0.177. The van der Waals surface area contributed by atoms with Gasteiger partial charge in [-0.1, -0.05) is 31.2 Å². The van der Waals surface area contributed by atoms with Crippen LogP contribution >= 0.6 is 0 Å². The molecule has 1 aromatic carbocycles. The zero-order chi connectivity index (χ0) is 9.81. The van der Waals surface area contributed by atoms with Crippen LogP contribution in [-0.2, 0) is 11.8 Å². The molecular weight excluding hydrogens is 172 g/mol. The Morgan fingerprint density at radius 1 is 1.29 bits per heavy atom. The summed E-state index contributed by atoms with van der Waals surface area (Å²) in [6, 6.07) is 8.69. The molecule has 2 unspecified atom stereocenters. The average Bonchev–Trinajstić information content (AvgIpc) is 2.38. The van der Waals surface area contributed by atoms with Gasteiger partial charge in [-0.3, -0.25) is 0 Å². The lowest BCUT2D eigenvalue weighted by Crippen LogP contribution is -2.52. The van der Waals surface area contributed by atoms with Crippen molar-refractivity contribution in [3.05, 3.63) is 35.4 Å². The Hall–Kier alpha value is -0.820. The van der Waals surface area contributed by atoms with Crippen LogP contribution in [0.1, 0.15) is 30.9 Å². The molecule has 1 fully saturated rings. The molecule has 0 amide bonds. The van der Waals surface area contributed by atoms with Crippen LogP contribution in [0.25, 0.3) is 0 Å².